The molecule has 1 aliphatic rings. The molecular weight excluding hydrogens is 280 g/mol. The van der Waals surface area contributed by atoms with E-state index in [1.165, 1.54) is 0 Å². The van der Waals surface area contributed by atoms with Crippen molar-refractivity contribution in [2.45, 2.75) is 25.5 Å². The van der Waals surface area contributed by atoms with Gasteiger partial charge in [0.15, 0.2) is 0 Å². The quantitative estimate of drug-likeness (QED) is 0.877. The van der Waals surface area contributed by atoms with Gasteiger partial charge in [-0.1, -0.05) is 28.1 Å². The smallest absolute Gasteiger partial charge is 0.112 e. The van der Waals surface area contributed by atoms with E-state index in [1.54, 1.807) is 0 Å². The molecule has 1 atom stereocenters. The van der Waals surface area contributed by atoms with E-state index in [2.05, 4.69) is 43.8 Å². The first kappa shape index (κ1) is 11.0. The van der Waals surface area contributed by atoms with E-state index in [-0.39, 0.29) is 6.10 Å². The van der Waals surface area contributed by atoms with E-state index < -0.39 is 0 Å². The number of aryl methyl sites for hydroxylation is 1. The molecule has 1 N–H and O–H groups in total. The lowest BCUT2D eigenvalue weighted by Crippen LogP contribution is -2.22. The maximum Gasteiger partial charge on any atom is 0.112 e. The van der Waals surface area contributed by atoms with Gasteiger partial charge in [0.1, 0.15) is 5.82 Å². The molecule has 0 saturated heterocycles. The molecule has 88 valence electrons. The van der Waals surface area contributed by atoms with Gasteiger partial charge in [-0.15, -0.1) is 0 Å². The van der Waals surface area contributed by atoms with Crippen LogP contribution in [-0.4, -0.2) is 20.8 Å². The fourth-order valence-corrected chi connectivity index (χ4v) is 2.44. The zero-order chi connectivity index (χ0) is 11.8. The van der Waals surface area contributed by atoms with Crippen LogP contribution >= 0.6 is 15.9 Å². The van der Waals surface area contributed by atoms with Crippen LogP contribution < -0.4 is 0 Å². The van der Waals surface area contributed by atoms with E-state index in [4.69, 9.17) is 0 Å². The third-order valence-corrected chi connectivity index (χ3v) is 3.65. The van der Waals surface area contributed by atoms with Crippen LogP contribution in [0, 0.1) is 0 Å². The van der Waals surface area contributed by atoms with Crippen LogP contribution in [0.5, 0.6) is 0 Å². The minimum Gasteiger partial charge on any atom is -0.393 e. The number of hydrogen-bond donors (Lipinski definition) is 1. The Kier molecular flexibility index (Phi) is 2.76. The van der Waals surface area contributed by atoms with Gasteiger partial charge in [0.25, 0.3) is 0 Å². The Morgan fingerprint density at radius 2 is 2.06 bits per heavy atom. The molecule has 0 fully saturated rings. The SMILES string of the molecule is OC1CCn2cc(-c3ccc(Br)cc3)nc2C1. The summed E-state index contributed by atoms with van der Waals surface area (Å²) in [5.74, 6) is 0.988. The van der Waals surface area contributed by atoms with Crippen LogP contribution in [0.15, 0.2) is 34.9 Å². The van der Waals surface area contributed by atoms with Gasteiger partial charge < -0.3 is 9.67 Å². The van der Waals surface area contributed by atoms with Gasteiger partial charge in [0.2, 0.25) is 0 Å². The van der Waals surface area contributed by atoms with E-state index in [1.807, 2.05) is 12.1 Å². The maximum absolute atomic E-state index is 9.61. The minimum atomic E-state index is -0.234. The van der Waals surface area contributed by atoms with Gasteiger partial charge in [-0.25, -0.2) is 4.98 Å². The Balaban J connectivity index is 1.97. The van der Waals surface area contributed by atoms with Gasteiger partial charge in [-0.3, -0.25) is 0 Å². The Morgan fingerprint density at radius 3 is 2.82 bits per heavy atom. The number of imidazole rings is 1. The highest BCUT2D eigenvalue weighted by Crippen LogP contribution is 2.24. The van der Waals surface area contributed by atoms with Crippen molar-refractivity contribution < 1.29 is 5.11 Å². The number of aliphatic hydroxyl groups excluding tert-OH is 1. The zero-order valence-electron chi connectivity index (χ0n) is 9.31. The first-order valence-electron chi connectivity index (χ1n) is 5.72. The Bertz CT molecular complexity index is 533. The average molecular weight is 293 g/mol. The van der Waals surface area contributed by atoms with E-state index in [9.17, 15) is 5.11 Å². The molecule has 1 aromatic carbocycles. The average Bonchev–Trinajstić information content (AvgIpc) is 2.72. The molecule has 1 unspecified atom stereocenters. The summed E-state index contributed by atoms with van der Waals surface area (Å²) in [6.45, 7) is 0.861. The molecule has 1 aromatic heterocycles. The van der Waals surface area contributed by atoms with Crippen LogP contribution in [0.3, 0.4) is 0 Å². The lowest BCUT2D eigenvalue weighted by atomic mass is 10.1. The molecule has 0 amide bonds. The number of aliphatic hydroxyl groups is 1. The third-order valence-electron chi connectivity index (χ3n) is 3.12. The highest BCUT2D eigenvalue weighted by atomic mass is 79.9. The summed E-state index contributed by atoms with van der Waals surface area (Å²) in [4.78, 5) is 4.59. The molecular formula is C13H13BrN2O. The molecule has 0 saturated carbocycles. The van der Waals surface area contributed by atoms with Crippen molar-refractivity contribution in [3.8, 4) is 11.3 Å². The standard InChI is InChI=1S/C13H13BrN2O/c14-10-3-1-9(2-4-10)12-8-16-6-5-11(17)7-13(16)15-12/h1-4,8,11,17H,5-7H2. The van der Waals surface area contributed by atoms with Crippen LogP contribution in [0.1, 0.15) is 12.2 Å². The minimum absolute atomic E-state index is 0.234. The number of aromatic nitrogens is 2. The van der Waals surface area contributed by atoms with Crippen molar-refractivity contribution in [1.82, 2.24) is 9.55 Å². The molecule has 17 heavy (non-hydrogen) atoms. The predicted octanol–water partition coefficient (Wildman–Crippen LogP) is 2.62. The van der Waals surface area contributed by atoms with Crippen LogP contribution in [-0.2, 0) is 13.0 Å². The van der Waals surface area contributed by atoms with Gasteiger partial charge in [0, 0.05) is 29.2 Å². The Morgan fingerprint density at radius 1 is 1.29 bits per heavy atom. The zero-order valence-corrected chi connectivity index (χ0v) is 10.9. The molecule has 0 spiro atoms. The van der Waals surface area contributed by atoms with Crippen molar-refractivity contribution in [1.29, 1.82) is 0 Å². The van der Waals surface area contributed by atoms with Crippen LogP contribution in [0.4, 0.5) is 0 Å². The monoisotopic (exact) mass is 292 g/mol. The molecule has 2 aromatic rings. The fourth-order valence-electron chi connectivity index (χ4n) is 2.17. The predicted molar refractivity (Wildman–Crippen MR) is 69.7 cm³/mol. The number of fused-ring (bicyclic) bond motifs is 1. The van der Waals surface area contributed by atoms with E-state index in [0.29, 0.717) is 6.42 Å². The molecule has 0 radical (unpaired) electrons. The van der Waals surface area contributed by atoms with Crippen LogP contribution in [0.2, 0.25) is 0 Å². The van der Waals surface area contributed by atoms with Gasteiger partial charge in [-0.2, -0.15) is 0 Å². The lowest BCUT2D eigenvalue weighted by Gasteiger charge is -2.18. The summed E-state index contributed by atoms with van der Waals surface area (Å²) < 4.78 is 3.21. The van der Waals surface area contributed by atoms with E-state index in [0.717, 1.165) is 34.5 Å². The summed E-state index contributed by atoms with van der Waals surface area (Å²) in [6.07, 6.45) is 3.33. The van der Waals surface area contributed by atoms with Crippen LogP contribution in [0.25, 0.3) is 11.3 Å². The number of rotatable bonds is 1. The fraction of sp³-hybridized carbons (Fsp3) is 0.308. The second kappa shape index (κ2) is 4.27. The van der Waals surface area contributed by atoms with Crippen molar-refractivity contribution >= 4 is 15.9 Å². The summed E-state index contributed by atoms with van der Waals surface area (Å²) in [7, 11) is 0. The summed E-state index contributed by atoms with van der Waals surface area (Å²) >= 11 is 3.42. The largest absolute Gasteiger partial charge is 0.393 e. The molecule has 3 nitrogen and oxygen atoms in total. The molecule has 4 heteroatoms. The van der Waals surface area contributed by atoms with Gasteiger partial charge in [0.05, 0.1) is 11.8 Å². The first-order chi connectivity index (χ1) is 8.22. The van der Waals surface area contributed by atoms with Crippen molar-refractivity contribution in [2.24, 2.45) is 0 Å². The first-order valence-corrected chi connectivity index (χ1v) is 6.52. The summed E-state index contributed by atoms with van der Waals surface area (Å²) in [6, 6.07) is 8.13. The van der Waals surface area contributed by atoms with E-state index >= 15 is 0 Å². The molecule has 0 bridgehead atoms. The third kappa shape index (κ3) is 2.15. The highest BCUT2D eigenvalue weighted by Gasteiger charge is 2.18. The van der Waals surface area contributed by atoms with Gasteiger partial charge >= 0.3 is 0 Å². The number of nitrogens with zero attached hydrogens (tertiary/aromatic N) is 2. The van der Waals surface area contributed by atoms with Crippen molar-refractivity contribution in [2.75, 3.05) is 0 Å². The molecule has 1 aliphatic heterocycles. The normalized spacial score (nSPS) is 19.1. The second-order valence-electron chi connectivity index (χ2n) is 4.39. The van der Waals surface area contributed by atoms with Crippen molar-refractivity contribution in [3.63, 3.8) is 0 Å². The number of hydrogen-bond acceptors (Lipinski definition) is 2. The van der Waals surface area contributed by atoms with Gasteiger partial charge in [-0.05, 0) is 18.6 Å². The second-order valence-corrected chi connectivity index (χ2v) is 5.30. The molecule has 3 rings (SSSR count). The molecule has 0 aliphatic carbocycles. The summed E-state index contributed by atoms with van der Waals surface area (Å²) in [5, 5.41) is 9.61. The van der Waals surface area contributed by atoms with Crippen molar-refractivity contribution in [3.05, 3.63) is 40.8 Å². The lowest BCUT2D eigenvalue weighted by molar-refractivity contribution is 0.141. The Hall–Kier alpha value is -1.13. The molecule has 2 heterocycles. The highest BCUT2D eigenvalue weighted by molar-refractivity contribution is 9.10. The number of benzene rings is 1. The maximum atomic E-state index is 9.61. The Labute approximate surface area is 108 Å². The number of halogens is 1. The topological polar surface area (TPSA) is 38.0 Å². The summed E-state index contributed by atoms with van der Waals surface area (Å²) in [5.41, 5.74) is 2.10.